The molecule has 1 amide bonds. The monoisotopic (exact) mass is 432 g/mol. The maximum atomic E-state index is 13.7. The van der Waals surface area contributed by atoms with Crippen LogP contribution < -0.4 is 5.32 Å². The summed E-state index contributed by atoms with van der Waals surface area (Å²) in [6.45, 7) is 5.39. The molecule has 4 nitrogen and oxygen atoms in total. The van der Waals surface area contributed by atoms with E-state index >= 15 is 0 Å². The average molecular weight is 433 g/mol. The van der Waals surface area contributed by atoms with Crippen molar-refractivity contribution in [2.45, 2.75) is 6.92 Å². The molecule has 0 saturated carbocycles. The first-order valence-electron chi connectivity index (χ1n) is 8.39. The summed E-state index contributed by atoms with van der Waals surface area (Å²) >= 11 is 7.56. The lowest BCUT2D eigenvalue weighted by Gasteiger charge is -2.09. The number of rotatable bonds is 6. The highest BCUT2D eigenvalue weighted by Crippen LogP contribution is 2.37. The maximum Gasteiger partial charge on any atom is 0.262 e. The van der Waals surface area contributed by atoms with Crippen LogP contribution in [0.15, 0.2) is 61.6 Å². The quantitative estimate of drug-likeness (QED) is 0.451. The fraction of sp³-hybridized carbons (Fsp3) is 0.0476. The Kier molecular flexibility index (Phi) is 6.41. The minimum atomic E-state index is -1.03. The summed E-state index contributed by atoms with van der Waals surface area (Å²) in [6.07, 6.45) is 4.70. The molecule has 2 aromatic heterocycles. The van der Waals surface area contributed by atoms with Crippen molar-refractivity contribution in [3.05, 3.63) is 89.4 Å². The van der Waals surface area contributed by atoms with Gasteiger partial charge in [0.25, 0.3) is 5.91 Å². The molecule has 0 unspecified atom stereocenters. The number of ether oxygens (including phenoxy) is 1. The van der Waals surface area contributed by atoms with Crippen LogP contribution in [0.1, 0.15) is 22.8 Å². The summed E-state index contributed by atoms with van der Waals surface area (Å²) in [5.41, 5.74) is 0.837. The number of carbonyl (C=O) groups is 1. The van der Waals surface area contributed by atoms with E-state index in [2.05, 4.69) is 16.9 Å². The van der Waals surface area contributed by atoms with Gasteiger partial charge >= 0.3 is 0 Å². The molecule has 0 spiro atoms. The number of aromatic nitrogens is 1. The van der Waals surface area contributed by atoms with Gasteiger partial charge in [0.1, 0.15) is 11.3 Å². The molecule has 3 rings (SSSR count). The van der Waals surface area contributed by atoms with Crippen LogP contribution >= 0.6 is 22.9 Å². The molecule has 0 aliphatic carbocycles. The van der Waals surface area contributed by atoms with Crippen molar-refractivity contribution in [3.8, 4) is 10.4 Å². The van der Waals surface area contributed by atoms with E-state index in [-0.39, 0.29) is 0 Å². The highest BCUT2D eigenvalue weighted by Gasteiger charge is 2.19. The van der Waals surface area contributed by atoms with Crippen LogP contribution in [0.2, 0.25) is 5.02 Å². The number of anilines is 1. The first-order chi connectivity index (χ1) is 13.9. The van der Waals surface area contributed by atoms with Gasteiger partial charge in [0.05, 0.1) is 23.7 Å². The molecule has 3 aromatic rings. The average Bonchev–Trinajstić information content (AvgIpc) is 3.14. The van der Waals surface area contributed by atoms with E-state index in [1.165, 1.54) is 17.6 Å². The normalized spacial score (nSPS) is 11.2. The smallest absolute Gasteiger partial charge is 0.262 e. The maximum absolute atomic E-state index is 13.7. The molecule has 29 heavy (non-hydrogen) atoms. The second kappa shape index (κ2) is 8.98. The zero-order valence-electron chi connectivity index (χ0n) is 15.2. The van der Waals surface area contributed by atoms with Crippen molar-refractivity contribution in [2.24, 2.45) is 0 Å². The lowest BCUT2D eigenvalue weighted by atomic mass is 10.1. The third kappa shape index (κ3) is 4.52. The second-order valence-corrected chi connectivity index (χ2v) is 7.22. The summed E-state index contributed by atoms with van der Waals surface area (Å²) in [4.78, 5) is 16.4. The van der Waals surface area contributed by atoms with Crippen LogP contribution in [0, 0.1) is 11.6 Å². The lowest BCUT2D eigenvalue weighted by molar-refractivity contribution is 0.101. The zero-order valence-corrected chi connectivity index (χ0v) is 16.8. The van der Waals surface area contributed by atoms with Crippen LogP contribution in [0.4, 0.5) is 13.8 Å². The molecule has 1 aromatic carbocycles. The summed E-state index contributed by atoms with van der Waals surface area (Å²) in [5.74, 6) is -2.34. The third-order valence-electron chi connectivity index (χ3n) is 3.91. The standard InChI is InChI=1S/C21H15ClF2N2O2S/c1-3-17(28-4-2)12-5-6-14(22)13(9-12)18-7-8-19(29-18)26-21(27)20-15(23)10-25-11-16(20)24/h3-11H,2H2,1H3,(H,26,27)/b17-3-. The summed E-state index contributed by atoms with van der Waals surface area (Å²) in [6, 6.07) is 8.79. The number of carbonyl (C=O) groups excluding carboxylic acids is 1. The van der Waals surface area contributed by atoms with Crippen LogP contribution in [0.3, 0.4) is 0 Å². The molecule has 0 atom stereocenters. The SMILES string of the molecule is C=CO/C(=C\C)c1ccc(Cl)c(-c2ccc(NC(=O)c3c(F)cncc3F)s2)c1. The number of nitrogens with zero attached hydrogens (tertiary/aromatic N) is 1. The van der Waals surface area contributed by atoms with Gasteiger partial charge in [-0.3, -0.25) is 9.78 Å². The predicted molar refractivity (Wildman–Crippen MR) is 112 cm³/mol. The number of hydrogen-bond acceptors (Lipinski definition) is 4. The van der Waals surface area contributed by atoms with E-state index in [1.807, 2.05) is 19.1 Å². The van der Waals surface area contributed by atoms with Gasteiger partial charge in [-0.1, -0.05) is 18.2 Å². The molecule has 0 aliphatic rings. The van der Waals surface area contributed by atoms with Gasteiger partial charge < -0.3 is 10.1 Å². The first-order valence-corrected chi connectivity index (χ1v) is 9.58. The topological polar surface area (TPSA) is 51.2 Å². The van der Waals surface area contributed by atoms with Crippen molar-refractivity contribution in [1.29, 1.82) is 0 Å². The molecule has 8 heteroatoms. The molecule has 0 bridgehead atoms. The molecule has 0 fully saturated rings. The van der Waals surface area contributed by atoms with Gasteiger partial charge in [-0.25, -0.2) is 8.78 Å². The molecule has 0 radical (unpaired) electrons. The van der Waals surface area contributed by atoms with E-state index in [1.54, 1.807) is 24.3 Å². The van der Waals surface area contributed by atoms with Crippen molar-refractivity contribution in [3.63, 3.8) is 0 Å². The van der Waals surface area contributed by atoms with Crippen LogP contribution in [-0.2, 0) is 4.74 Å². The number of amides is 1. The Balaban J connectivity index is 1.88. The van der Waals surface area contributed by atoms with Crippen LogP contribution in [0.5, 0.6) is 0 Å². The van der Waals surface area contributed by atoms with Crippen molar-refractivity contribution in [1.82, 2.24) is 4.98 Å². The Morgan fingerprint density at radius 3 is 2.62 bits per heavy atom. The number of allylic oxidation sites excluding steroid dienone is 1. The van der Waals surface area contributed by atoms with Crippen LogP contribution in [-0.4, -0.2) is 10.9 Å². The predicted octanol–water partition coefficient (Wildman–Crippen LogP) is 6.51. The highest BCUT2D eigenvalue weighted by atomic mass is 35.5. The van der Waals surface area contributed by atoms with Gasteiger partial charge in [-0.15, -0.1) is 11.3 Å². The molecular weight excluding hydrogens is 418 g/mol. The van der Waals surface area contributed by atoms with E-state index in [0.29, 0.717) is 15.8 Å². The third-order valence-corrected chi connectivity index (χ3v) is 5.28. The van der Waals surface area contributed by atoms with Crippen LogP contribution in [0.25, 0.3) is 16.2 Å². The second-order valence-electron chi connectivity index (χ2n) is 5.73. The molecule has 2 heterocycles. The minimum Gasteiger partial charge on any atom is -0.465 e. The molecule has 0 saturated heterocycles. The minimum absolute atomic E-state index is 0.413. The van der Waals surface area contributed by atoms with E-state index in [9.17, 15) is 13.6 Å². The first kappa shape index (κ1) is 20.7. The lowest BCUT2D eigenvalue weighted by Crippen LogP contribution is -2.15. The number of thiophene rings is 1. The molecule has 148 valence electrons. The van der Waals surface area contributed by atoms with Gasteiger partial charge in [-0.2, -0.15) is 0 Å². The molecule has 0 aliphatic heterocycles. The Labute approximate surface area is 175 Å². The van der Waals surface area contributed by atoms with Crippen molar-refractivity contribution in [2.75, 3.05) is 5.32 Å². The molecular formula is C21H15ClF2N2O2S. The van der Waals surface area contributed by atoms with E-state index < -0.39 is 23.1 Å². The summed E-state index contributed by atoms with van der Waals surface area (Å²) in [5, 5.41) is 3.42. The Bertz CT molecular complexity index is 1090. The Morgan fingerprint density at radius 1 is 1.24 bits per heavy atom. The van der Waals surface area contributed by atoms with E-state index in [0.717, 1.165) is 28.4 Å². The largest absolute Gasteiger partial charge is 0.465 e. The Hall–Kier alpha value is -3.03. The Morgan fingerprint density at radius 2 is 1.97 bits per heavy atom. The molecule has 1 N–H and O–H groups in total. The fourth-order valence-electron chi connectivity index (χ4n) is 2.61. The number of halogens is 3. The number of nitrogens with one attached hydrogen (secondary N) is 1. The van der Waals surface area contributed by atoms with E-state index in [4.69, 9.17) is 16.3 Å². The number of benzene rings is 1. The van der Waals surface area contributed by atoms with Gasteiger partial charge in [0.2, 0.25) is 0 Å². The number of pyridine rings is 1. The zero-order chi connectivity index (χ0) is 21.0. The summed E-state index contributed by atoms with van der Waals surface area (Å²) in [7, 11) is 0. The van der Waals surface area contributed by atoms with Gasteiger partial charge in [0, 0.05) is 21.0 Å². The fourth-order valence-corrected chi connectivity index (χ4v) is 3.82. The van der Waals surface area contributed by atoms with Gasteiger partial charge in [-0.05, 0) is 43.3 Å². The highest BCUT2D eigenvalue weighted by molar-refractivity contribution is 7.19. The summed E-state index contributed by atoms with van der Waals surface area (Å²) < 4.78 is 32.9. The number of hydrogen-bond donors (Lipinski definition) is 1. The van der Waals surface area contributed by atoms with Gasteiger partial charge in [0.15, 0.2) is 11.6 Å². The van der Waals surface area contributed by atoms with Crippen molar-refractivity contribution >= 4 is 39.6 Å². The van der Waals surface area contributed by atoms with Crippen molar-refractivity contribution < 1.29 is 18.3 Å².